The maximum atomic E-state index is 15.5. The number of aromatic amines is 1. The summed E-state index contributed by atoms with van der Waals surface area (Å²) in [5.41, 5.74) is 8.78. The number of nitrogens with two attached hydrogens (primary N) is 1. The van der Waals surface area contributed by atoms with E-state index in [-0.39, 0.29) is 62.4 Å². The van der Waals surface area contributed by atoms with E-state index in [4.69, 9.17) is 5.73 Å². The number of hydrogen-bond donors (Lipinski definition) is 13. The second-order valence-corrected chi connectivity index (χ2v) is 32.4. The average Bonchev–Trinajstić information content (AvgIpc) is 1.79. The van der Waals surface area contributed by atoms with Gasteiger partial charge >= 0.3 is 5.97 Å². The van der Waals surface area contributed by atoms with Gasteiger partial charge in [-0.05, 0) is 77.6 Å². The Kier molecular flexibility index (Phi) is 37.0. The van der Waals surface area contributed by atoms with Crippen LogP contribution in [0, 0.1) is 11.8 Å². The zero-order valence-corrected chi connectivity index (χ0v) is 71.4. The first-order valence-electron chi connectivity index (χ1n) is 40.4. The number of carboxylic acid groups (broad SMARTS) is 1. The fourth-order valence-corrected chi connectivity index (χ4v) is 14.9. The molecule has 35 heteroatoms. The molecule has 0 bridgehead atoms. The summed E-state index contributed by atoms with van der Waals surface area (Å²) in [6, 6.07) is 22.2. The van der Waals surface area contributed by atoms with Crippen LogP contribution in [0.5, 0.6) is 5.75 Å². The van der Waals surface area contributed by atoms with Gasteiger partial charge in [-0.1, -0.05) is 169 Å². The van der Waals surface area contributed by atoms with Crippen LogP contribution in [0.1, 0.15) is 101 Å². The van der Waals surface area contributed by atoms with E-state index in [1.807, 2.05) is 6.92 Å². The number of H-pyrrole nitrogens is 1. The topological polar surface area (TPSA) is 480 Å². The normalized spacial score (nSPS) is 22.5. The number of carbonyl (C=O) groups is 16. The third-order valence-electron chi connectivity index (χ3n) is 20.8. The number of phenols is 1. The number of thioether (sulfide) groups is 1. The molecule has 0 radical (unpaired) electrons. The van der Waals surface area contributed by atoms with E-state index >= 15 is 24.0 Å². The molecule has 11 atom stereocenters. The highest BCUT2D eigenvalue weighted by atomic mass is 32.2. The first-order chi connectivity index (χ1) is 57.9. The van der Waals surface area contributed by atoms with Crippen molar-refractivity contribution in [3.05, 3.63) is 174 Å². The summed E-state index contributed by atoms with van der Waals surface area (Å²) in [7, 11) is 6.56. The second-order valence-electron chi connectivity index (χ2n) is 31.4. The fraction of sp³-hybridized carbons (Fsp3) is 0.448. The number of unbranched alkanes of at least 4 members (excludes halogenated alkanes) is 1. The molecule has 6 aromatic rings. The van der Waals surface area contributed by atoms with Gasteiger partial charge in [-0.15, -0.1) is 11.8 Å². The lowest BCUT2D eigenvalue weighted by atomic mass is 9.98. The van der Waals surface area contributed by atoms with E-state index in [1.54, 1.807) is 149 Å². The number of aromatic nitrogens is 1. The zero-order valence-electron chi connectivity index (χ0n) is 70.6. The summed E-state index contributed by atoms with van der Waals surface area (Å²) in [5, 5.41) is 44.8. The number of amides is 15. The van der Waals surface area contributed by atoms with Crippen LogP contribution in [-0.2, 0) is 109 Å². The van der Waals surface area contributed by atoms with Gasteiger partial charge in [0, 0.05) is 90.2 Å². The number of fused-ring (bicyclic) bond motifs is 1. The van der Waals surface area contributed by atoms with Crippen molar-refractivity contribution in [2.24, 2.45) is 17.6 Å². The number of aliphatic carboxylic acids is 1. The molecule has 1 aliphatic rings. The number of primary amides is 1. The van der Waals surface area contributed by atoms with Gasteiger partial charge in [-0.25, -0.2) is 0 Å². The smallest absolute Gasteiger partial charge is 0.305 e. The molecule has 1 aliphatic heterocycles. The maximum Gasteiger partial charge on any atom is 0.305 e. The first kappa shape index (κ1) is 96.4. The standard InChI is InChI=1S/C87H114N16O18S/c1-12-13-33-68-85(119)100(8)48-73(107)93-64(44-75(109)110)81(115)98-76(52(4)5)87(121)102(10)69(41-55-27-19-15-20-28-55)82(116)96-65(40-57-34-36-59(104)37-35-57)83(117)99(7)47-72(106)92-63(43-58-45-89-61-32-24-23-31-60(58)61)79(113)91-53(6)77(111)95-62(38-51(2)3)80(114)97-67(78(112)90-46-71(88)105)49-122-50-74(108)94-66(39-54-25-17-14-18-26-54)84(118)103(11)70(86(120)101(68)9)42-56-29-21-16-22-30-56/h14-32,34-37,45,51-53,62-70,76,89,104H,12-13,33,38-44,46-50H2,1-11H3,(H2,88,105)(H,90,112)(H,91,113)(H,92,106)(H,93,107)(H,94,108)(H,95,111)(H,96,116)(H,97,114)(H,98,115)(H,109,110). The van der Waals surface area contributed by atoms with Gasteiger partial charge in [-0.2, -0.15) is 0 Å². The minimum absolute atomic E-state index is 0.0353. The minimum Gasteiger partial charge on any atom is -0.508 e. The van der Waals surface area contributed by atoms with E-state index in [0.717, 1.165) is 26.5 Å². The average molecular weight is 1700 g/mol. The lowest BCUT2D eigenvalue weighted by Crippen LogP contribution is -2.61. The Morgan fingerprint density at radius 1 is 0.500 bits per heavy atom. The van der Waals surface area contributed by atoms with Gasteiger partial charge in [0.15, 0.2) is 0 Å². The molecule has 7 rings (SSSR count). The van der Waals surface area contributed by atoms with Crippen LogP contribution >= 0.6 is 11.8 Å². The van der Waals surface area contributed by atoms with Crippen LogP contribution in [0.25, 0.3) is 10.9 Å². The molecule has 11 unspecified atom stereocenters. The molecule has 1 fully saturated rings. The molecule has 14 N–H and O–H groups in total. The molecule has 15 amide bonds. The van der Waals surface area contributed by atoms with Gasteiger partial charge in [-0.3, -0.25) is 76.7 Å². The Morgan fingerprint density at radius 3 is 1.56 bits per heavy atom. The number of carbonyl (C=O) groups excluding carboxylic acids is 15. The number of nitrogens with one attached hydrogen (secondary N) is 10. The SMILES string of the molecule is CCCCC1C(=O)N(C)CC(=O)NC(CC(=O)O)C(=O)NC(C(C)C)C(=O)N(C)C(Cc2ccccc2)C(=O)NC(Cc2ccc(O)cc2)C(=O)N(C)CC(=O)NC(Cc2c[nH]c3ccccc23)C(=O)NC(C)C(=O)NC(CC(C)C)C(=O)NC(C(=O)NCC(N)=O)CSCC(=O)NC(Cc2ccccc2)C(=O)N(C)C(Cc2ccccc2)C(=O)N1C. The Morgan fingerprint density at radius 2 is 0.992 bits per heavy atom. The van der Waals surface area contributed by atoms with Crippen LogP contribution in [0.2, 0.25) is 0 Å². The number of nitrogens with zero attached hydrogens (tertiary/aromatic N) is 5. The van der Waals surface area contributed by atoms with Crippen molar-refractivity contribution in [2.45, 2.75) is 172 Å². The van der Waals surface area contributed by atoms with Crippen molar-refractivity contribution in [3.63, 3.8) is 0 Å². The van der Waals surface area contributed by atoms with Crippen LogP contribution in [0.3, 0.4) is 0 Å². The van der Waals surface area contributed by atoms with Gasteiger partial charge in [0.1, 0.15) is 72.2 Å². The highest BCUT2D eigenvalue weighted by Gasteiger charge is 2.42. The van der Waals surface area contributed by atoms with E-state index < -0.39 is 199 Å². The number of likely N-dealkylation sites (N-methyl/N-ethyl adjacent to an activating group) is 5. The highest BCUT2D eigenvalue weighted by Crippen LogP contribution is 2.24. The Balaban J connectivity index is 1.29. The molecule has 2 heterocycles. The molecule has 1 aromatic heterocycles. The number of aromatic hydroxyl groups is 1. The second kappa shape index (κ2) is 46.8. The summed E-state index contributed by atoms with van der Waals surface area (Å²) in [6.07, 6.45) is 0.624. The van der Waals surface area contributed by atoms with Crippen LogP contribution in [-0.4, -0.2) is 267 Å². The Labute approximate surface area is 713 Å². The molecule has 0 saturated carbocycles. The highest BCUT2D eigenvalue weighted by molar-refractivity contribution is 8.00. The lowest BCUT2D eigenvalue weighted by Gasteiger charge is -2.37. The van der Waals surface area contributed by atoms with Crippen molar-refractivity contribution in [1.29, 1.82) is 0 Å². The molecular weight excluding hydrogens is 1590 g/mol. The summed E-state index contributed by atoms with van der Waals surface area (Å²) in [4.78, 5) is 240. The number of hydrogen-bond acceptors (Lipinski definition) is 18. The van der Waals surface area contributed by atoms with Crippen LogP contribution < -0.4 is 53.6 Å². The summed E-state index contributed by atoms with van der Waals surface area (Å²) in [6.45, 7) is 7.60. The van der Waals surface area contributed by atoms with Crippen molar-refractivity contribution in [1.82, 2.24) is 77.3 Å². The number of para-hydroxylation sites is 1. The first-order valence-corrected chi connectivity index (χ1v) is 41.6. The molecule has 122 heavy (non-hydrogen) atoms. The van der Waals surface area contributed by atoms with Crippen molar-refractivity contribution in [2.75, 3.05) is 66.4 Å². The molecule has 0 spiro atoms. The van der Waals surface area contributed by atoms with E-state index in [1.165, 1.54) is 76.2 Å². The molecular formula is C87H114N16O18S. The van der Waals surface area contributed by atoms with Gasteiger partial charge < -0.3 is 93.3 Å². The summed E-state index contributed by atoms with van der Waals surface area (Å²) in [5.74, 6) is -16.8. The minimum atomic E-state index is -1.89. The third-order valence-corrected chi connectivity index (χ3v) is 21.8. The van der Waals surface area contributed by atoms with Gasteiger partial charge in [0.25, 0.3) is 0 Å². The van der Waals surface area contributed by atoms with Crippen molar-refractivity contribution < 1.29 is 86.9 Å². The van der Waals surface area contributed by atoms with E-state index in [2.05, 4.69) is 52.8 Å². The Hall–Kier alpha value is -12.7. The summed E-state index contributed by atoms with van der Waals surface area (Å²) >= 11 is 0.845. The predicted octanol–water partition coefficient (Wildman–Crippen LogP) is 1.40. The van der Waals surface area contributed by atoms with E-state index in [0.29, 0.717) is 51.6 Å². The molecule has 34 nitrogen and oxygen atoms in total. The number of carboxylic acids is 1. The van der Waals surface area contributed by atoms with Crippen LogP contribution in [0.4, 0.5) is 0 Å². The predicted molar refractivity (Wildman–Crippen MR) is 456 cm³/mol. The molecule has 5 aromatic carbocycles. The lowest BCUT2D eigenvalue weighted by molar-refractivity contribution is -0.151. The molecule has 1 saturated heterocycles. The summed E-state index contributed by atoms with van der Waals surface area (Å²) < 4.78 is 0. The maximum absolute atomic E-state index is 15.5. The van der Waals surface area contributed by atoms with Gasteiger partial charge in [0.05, 0.1) is 31.8 Å². The van der Waals surface area contributed by atoms with Crippen molar-refractivity contribution >= 4 is 117 Å². The van der Waals surface area contributed by atoms with E-state index in [9.17, 15) is 63.0 Å². The van der Waals surface area contributed by atoms with Crippen molar-refractivity contribution in [3.8, 4) is 5.75 Å². The molecule has 656 valence electrons. The Bertz CT molecular complexity index is 4650. The largest absolute Gasteiger partial charge is 0.508 e. The number of phenolic OH excluding ortho intramolecular Hbond substituents is 1. The monoisotopic (exact) mass is 1700 g/mol. The zero-order chi connectivity index (χ0) is 89.6. The number of benzene rings is 5. The number of rotatable bonds is 21. The van der Waals surface area contributed by atoms with Gasteiger partial charge in [0.2, 0.25) is 88.6 Å². The van der Waals surface area contributed by atoms with Crippen LogP contribution in [0.15, 0.2) is 146 Å². The molecule has 0 aliphatic carbocycles. The fourth-order valence-electron chi connectivity index (χ4n) is 14.0. The third kappa shape index (κ3) is 29.1. The quantitative estimate of drug-likeness (QED) is 0.0484.